The second kappa shape index (κ2) is 2.35. The first-order chi connectivity index (χ1) is 4.30. The van der Waals surface area contributed by atoms with Crippen molar-refractivity contribution in [3.05, 3.63) is 24.3 Å². The Morgan fingerprint density at radius 1 is 1.44 bits per heavy atom. The average Bonchev–Trinajstić information content (AvgIpc) is 1.90. The molecule has 0 saturated heterocycles. The molecule has 46 valence electrons. The smallest absolute Gasteiger partial charge is 0.115 e. The van der Waals surface area contributed by atoms with Gasteiger partial charge < -0.3 is 5.41 Å². The van der Waals surface area contributed by atoms with E-state index in [2.05, 4.69) is 9.97 Å². The number of hydrogen-bond donors (Lipinski definition) is 1. The van der Waals surface area contributed by atoms with Gasteiger partial charge in [0.15, 0.2) is 0 Å². The fraction of sp³-hybridized carbons (Fsp3) is 0.167. The Hall–Kier alpha value is -1.25. The Morgan fingerprint density at radius 2 is 2.00 bits per heavy atom. The van der Waals surface area contributed by atoms with Gasteiger partial charge in [-0.25, -0.2) is 9.97 Å². The number of aromatic nitrogens is 2. The SMILES string of the molecule is CC(=N)c1cncnc1. The van der Waals surface area contributed by atoms with Crippen LogP contribution in [-0.4, -0.2) is 15.7 Å². The molecule has 1 aromatic heterocycles. The minimum Gasteiger partial charge on any atom is -0.305 e. The zero-order valence-corrected chi connectivity index (χ0v) is 5.13. The predicted molar refractivity (Wildman–Crippen MR) is 34.5 cm³/mol. The first-order valence-electron chi connectivity index (χ1n) is 2.61. The highest BCUT2D eigenvalue weighted by Gasteiger charge is 1.90. The van der Waals surface area contributed by atoms with Crippen molar-refractivity contribution in [2.75, 3.05) is 0 Å². The van der Waals surface area contributed by atoms with Gasteiger partial charge in [0.1, 0.15) is 6.33 Å². The summed E-state index contributed by atoms with van der Waals surface area (Å²) < 4.78 is 0. The Balaban J connectivity index is 2.98. The van der Waals surface area contributed by atoms with Gasteiger partial charge in [-0.3, -0.25) is 0 Å². The summed E-state index contributed by atoms with van der Waals surface area (Å²) in [6.45, 7) is 1.71. The van der Waals surface area contributed by atoms with Gasteiger partial charge in [-0.1, -0.05) is 0 Å². The molecule has 3 nitrogen and oxygen atoms in total. The maximum atomic E-state index is 7.16. The fourth-order valence-corrected chi connectivity index (χ4v) is 0.493. The molecule has 0 atom stereocenters. The number of hydrogen-bond acceptors (Lipinski definition) is 3. The molecule has 0 amide bonds. The first kappa shape index (κ1) is 5.88. The van der Waals surface area contributed by atoms with Crippen molar-refractivity contribution in [2.45, 2.75) is 6.92 Å². The van der Waals surface area contributed by atoms with Gasteiger partial charge in [0.25, 0.3) is 0 Å². The van der Waals surface area contributed by atoms with Crippen molar-refractivity contribution in [2.24, 2.45) is 0 Å². The van der Waals surface area contributed by atoms with E-state index in [1.54, 1.807) is 19.3 Å². The molecule has 3 heteroatoms. The van der Waals surface area contributed by atoms with Crippen LogP contribution in [0.2, 0.25) is 0 Å². The summed E-state index contributed by atoms with van der Waals surface area (Å²) in [5.74, 6) is 0. The van der Waals surface area contributed by atoms with Crippen LogP contribution in [0.4, 0.5) is 0 Å². The van der Waals surface area contributed by atoms with Crippen molar-refractivity contribution in [3.8, 4) is 0 Å². The van der Waals surface area contributed by atoms with Gasteiger partial charge in [0, 0.05) is 23.7 Å². The third-order valence-electron chi connectivity index (χ3n) is 0.994. The van der Waals surface area contributed by atoms with Gasteiger partial charge in [-0.2, -0.15) is 0 Å². The minimum absolute atomic E-state index is 0.496. The summed E-state index contributed by atoms with van der Waals surface area (Å²) in [5.41, 5.74) is 1.27. The van der Waals surface area contributed by atoms with Crippen LogP contribution >= 0.6 is 0 Å². The summed E-state index contributed by atoms with van der Waals surface area (Å²) in [6.07, 6.45) is 4.69. The van der Waals surface area contributed by atoms with Gasteiger partial charge in [0.2, 0.25) is 0 Å². The Morgan fingerprint density at radius 3 is 2.33 bits per heavy atom. The van der Waals surface area contributed by atoms with E-state index in [4.69, 9.17) is 5.41 Å². The van der Waals surface area contributed by atoms with E-state index in [0.29, 0.717) is 5.71 Å². The van der Waals surface area contributed by atoms with Crippen LogP contribution in [0.15, 0.2) is 18.7 Å². The third-order valence-corrected chi connectivity index (χ3v) is 0.994. The number of rotatable bonds is 1. The van der Waals surface area contributed by atoms with Gasteiger partial charge >= 0.3 is 0 Å². The summed E-state index contributed by atoms with van der Waals surface area (Å²) in [7, 11) is 0. The Kier molecular flexibility index (Phi) is 1.53. The van der Waals surface area contributed by atoms with Crippen LogP contribution in [-0.2, 0) is 0 Å². The predicted octanol–water partition coefficient (Wildman–Crippen LogP) is 0.864. The Bertz CT molecular complexity index is 205. The second-order valence-corrected chi connectivity index (χ2v) is 1.75. The molecule has 1 rings (SSSR count). The molecule has 0 aliphatic rings. The topological polar surface area (TPSA) is 49.6 Å². The summed E-state index contributed by atoms with van der Waals surface area (Å²) in [4.78, 5) is 7.51. The van der Waals surface area contributed by atoms with Crippen LogP contribution < -0.4 is 0 Å². The van der Waals surface area contributed by atoms with E-state index < -0.39 is 0 Å². The highest BCUT2D eigenvalue weighted by Crippen LogP contribution is 1.91. The van der Waals surface area contributed by atoms with E-state index in [-0.39, 0.29) is 0 Å². The molecule has 0 aliphatic heterocycles. The maximum absolute atomic E-state index is 7.16. The molecule has 0 aromatic carbocycles. The quantitative estimate of drug-likeness (QED) is 0.560. The highest BCUT2D eigenvalue weighted by molar-refractivity contribution is 5.95. The van der Waals surface area contributed by atoms with Crippen LogP contribution in [0.5, 0.6) is 0 Å². The molecular formula is C6H7N3. The summed E-state index contributed by atoms with van der Waals surface area (Å²) in [6, 6.07) is 0. The Labute approximate surface area is 53.3 Å². The zero-order valence-electron chi connectivity index (χ0n) is 5.13. The highest BCUT2D eigenvalue weighted by atomic mass is 14.8. The minimum atomic E-state index is 0.496. The van der Waals surface area contributed by atoms with Gasteiger partial charge in [-0.15, -0.1) is 0 Å². The van der Waals surface area contributed by atoms with Crippen molar-refractivity contribution in [1.29, 1.82) is 5.41 Å². The summed E-state index contributed by atoms with van der Waals surface area (Å²) >= 11 is 0. The van der Waals surface area contributed by atoms with E-state index >= 15 is 0 Å². The van der Waals surface area contributed by atoms with E-state index in [1.165, 1.54) is 6.33 Å². The molecule has 0 fully saturated rings. The van der Waals surface area contributed by atoms with Crippen LogP contribution in [0.3, 0.4) is 0 Å². The van der Waals surface area contributed by atoms with Gasteiger partial charge in [0.05, 0.1) is 0 Å². The normalized spacial score (nSPS) is 9.00. The van der Waals surface area contributed by atoms with E-state index in [9.17, 15) is 0 Å². The largest absolute Gasteiger partial charge is 0.305 e. The van der Waals surface area contributed by atoms with Crippen LogP contribution in [0.1, 0.15) is 12.5 Å². The van der Waals surface area contributed by atoms with Gasteiger partial charge in [-0.05, 0) is 6.92 Å². The fourth-order valence-electron chi connectivity index (χ4n) is 0.493. The van der Waals surface area contributed by atoms with Crippen molar-refractivity contribution in [1.82, 2.24) is 9.97 Å². The molecule has 0 bridgehead atoms. The summed E-state index contributed by atoms with van der Waals surface area (Å²) in [5, 5.41) is 7.16. The number of nitrogens with one attached hydrogen (secondary N) is 1. The monoisotopic (exact) mass is 121 g/mol. The van der Waals surface area contributed by atoms with Crippen molar-refractivity contribution < 1.29 is 0 Å². The lowest BCUT2D eigenvalue weighted by Crippen LogP contribution is -1.92. The second-order valence-electron chi connectivity index (χ2n) is 1.75. The maximum Gasteiger partial charge on any atom is 0.115 e. The van der Waals surface area contributed by atoms with Crippen LogP contribution in [0.25, 0.3) is 0 Å². The molecule has 0 saturated carbocycles. The molecule has 0 unspecified atom stereocenters. The van der Waals surface area contributed by atoms with Crippen LogP contribution in [0, 0.1) is 5.41 Å². The first-order valence-corrected chi connectivity index (χ1v) is 2.61. The lowest BCUT2D eigenvalue weighted by molar-refractivity contribution is 1.15. The lowest BCUT2D eigenvalue weighted by Gasteiger charge is -1.91. The van der Waals surface area contributed by atoms with E-state index in [0.717, 1.165) is 5.56 Å². The van der Waals surface area contributed by atoms with Crippen molar-refractivity contribution in [3.63, 3.8) is 0 Å². The lowest BCUT2D eigenvalue weighted by atomic mass is 10.2. The van der Waals surface area contributed by atoms with Crippen molar-refractivity contribution >= 4 is 5.71 Å². The average molecular weight is 121 g/mol. The third kappa shape index (κ3) is 1.32. The molecule has 1 aromatic rings. The number of nitrogens with zero attached hydrogens (tertiary/aromatic N) is 2. The molecule has 0 radical (unpaired) electrons. The molecule has 0 aliphatic carbocycles. The standard InChI is InChI=1S/C6H7N3/c1-5(7)6-2-8-4-9-3-6/h2-4,7H,1H3. The molecule has 1 heterocycles. The molecule has 9 heavy (non-hydrogen) atoms. The zero-order chi connectivity index (χ0) is 6.69. The molecular weight excluding hydrogens is 114 g/mol. The van der Waals surface area contributed by atoms with E-state index in [1.807, 2.05) is 0 Å². The molecule has 0 spiro atoms. The molecule has 1 N–H and O–H groups in total.